The molecule has 2 heterocycles. The Morgan fingerprint density at radius 1 is 1.11 bits per heavy atom. The van der Waals surface area contributed by atoms with E-state index in [4.69, 9.17) is 16.3 Å². The molecule has 2 aromatic carbocycles. The van der Waals surface area contributed by atoms with Crippen LogP contribution in [-0.4, -0.2) is 40.4 Å². The van der Waals surface area contributed by atoms with Crippen LogP contribution in [0, 0.1) is 0 Å². The molecule has 0 bridgehead atoms. The molecule has 184 valence electrons. The smallest absolute Gasteiger partial charge is 0.407 e. The van der Waals surface area contributed by atoms with Gasteiger partial charge in [0.1, 0.15) is 5.60 Å². The lowest BCUT2D eigenvalue weighted by atomic mass is 10.0. The van der Waals surface area contributed by atoms with E-state index in [1.807, 2.05) is 43.7 Å². The van der Waals surface area contributed by atoms with Crippen LogP contribution in [0.15, 0.2) is 61.2 Å². The zero-order valence-corrected chi connectivity index (χ0v) is 21.3. The van der Waals surface area contributed by atoms with Crippen LogP contribution >= 0.6 is 11.6 Å². The quantitative estimate of drug-likeness (QED) is 0.413. The van der Waals surface area contributed by atoms with Crippen LogP contribution in [0.3, 0.4) is 0 Å². The largest absolute Gasteiger partial charge is 0.444 e. The van der Waals surface area contributed by atoms with Gasteiger partial charge in [0.25, 0.3) is 0 Å². The zero-order chi connectivity index (χ0) is 24.8. The third-order valence-corrected chi connectivity index (χ3v) is 6.06. The number of anilines is 1. The zero-order valence-electron chi connectivity index (χ0n) is 20.6. The first-order valence-electron chi connectivity index (χ1n) is 12.0. The Bertz CT molecular complexity index is 1140. The molecule has 0 aliphatic carbocycles. The number of nitrogens with zero attached hydrogens (tertiary/aromatic N) is 3. The number of amides is 1. The molecule has 0 unspecified atom stereocenters. The topological polar surface area (TPSA) is 59.4 Å². The molecule has 3 aromatic rings. The Morgan fingerprint density at radius 2 is 1.83 bits per heavy atom. The van der Waals surface area contributed by atoms with Crippen LogP contribution in [0.25, 0.3) is 12.2 Å². The summed E-state index contributed by atoms with van der Waals surface area (Å²) < 4.78 is 7.40. The Balaban J connectivity index is 1.31. The molecule has 6 nitrogen and oxygen atoms in total. The van der Waals surface area contributed by atoms with E-state index in [0.717, 1.165) is 54.2 Å². The van der Waals surface area contributed by atoms with Gasteiger partial charge >= 0.3 is 6.09 Å². The molecule has 1 aliphatic rings. The van der Waals surface area contributed by atoms with Gasteiger partial charge in [0.15, 0.2) is 0 Å². The highest BCUT2D eigenvalue weighted by molar-refractivity contribution is 6.30. The van der Waals surface area contributed by atoms with Crippen LogP contribution in [0.5, 0.6) is 0 Å². The highest BCUT2D eigenvalue weighted by Gasteiger charge is 2.23. The van der Waals surface area contributed by atoms with Gasteiger partial charge in [0, 0.05) is 48.8 Å². The minimum absolute atomic E-state index is 0.152. The molecule has 7 heteroatoms. The number of nitrogens with one attached hydrogen (secondary N) is 1. The van der Waals surface area contributed by atoms with Crippen LogP contribution in [0.4, 0.5) is 10.5 Å². The van der Waals surface area contributed by atoms with Crippen LogP contribution < -0.4 is 10.2 Å². The predicted octanol–water partition coefficient (Wildman–Crippen LogP) is 6.25. The molecule has 1 aliphatic heterocycles. The average molecular weight is 493 g/mol. The molecule has 0 saturated carbocycles. The fourth-order valence-corrected chi connectivity index (χ4v) is 4.47. The number of hydrogen-bond acceptors (Lipinski definition) is 4. The van der Waals surface area contributed by atoms with Crippen molar-refractivity contribution in [3.8, 4) is 0 Å². The van der Waals surface area contributed by atoms with Crippen molar-refractivity contribution in [3.05, 3.63) is 82.9 Å². The molecule has 1 aromatic heterocycles. The fourth-order valence-electron chi connectivity index (χ4n) is 4.20. The van der Waals surface area contributed by atoms with E-state index in [1.165, 1.54) is 5.69 Å². The van der Waals surface area contributed by atoms with Gasteiger partial charge in [0.2, 0.25) is 0 Å². The van der Waals surface area contributed by atoms with Gasteiger partial charge in [0.05, 0.1) is 6.33 Å². The van der Waals surface area contributed by atoms with Crippen molar-refractivity contribution in [2.24, 2.45) is 0 Å². The van der Waals surface area contributed by atoms with E-state index >= 15 is 0 Å². The van der Waals surface area contributed by atoms with Gasteiger partial charge < -0.3 is 19.5 Å². The summed E-state index contributed by atoms with van der Waals surface area (Å²) in [5.41, 5.74) is 4.05. The lowest BCUT2D eigenvalue weighted by molar-refractivity contribution is 0.0497. The van der Waals surface area contributed by atoms with Gasteiger partial charge in [-0.25, -0.2) is 9.78 Å². The second-order valence-electron chi connectivity index (χ2n) is 9.96. The van der Waals surface area contributed by atoms with E-state index < -0.39 is 5.60 Å². The Kier molecular flexibility index (Phi) is 7.81. The third-order valence-electron chi connectivity index (χ3n) is 5.85. The molecule has 35 heavy (non-hydrogen) atoms. The molecular weight excluding hydrogens is 460 g/mol. The van der Waals surface area contributed by atoms with Crippen LogP contribution in [-0.2, 0) is 11.3 Å². The summed E-state index contributed by atoms with van der Waals surface area (Å²) in [6, 6.07) is 14.8. The second kappa shape index (κ2) is 11.0. The molecule has 1 N–H and O–H groups in total. The summed E-state index contributed by atoms with van der Waals surface area (Å²) in [7, 11) is 0. The van der Waals surface area contributed by atoms with Crippen molar-refractivity contribution in [3.63, 3.8) is 0 Å². The van der Waals surface area contributed by atoms with Crippen LogP contribution in [0.1, 0.15) is 50.3 Å². The highest BCUT2D eigenvalue weighted by Crippen LogP contribution is 2.23. The summed E-state index contributed by atoms with van der Waals surface area (Å²) in [6.07, 6.45) is 11.2. The molecular formula is C28H33ClN4O2. The fraction of sp³-hybridized carbons (Fsp3) is 0.357. The number of alkyl carbamates (subject to hydrolysis) is 1. The number of benzene rings is 2. The third kappa shape index (κ3) is 7.62. The van der Waals surface area contributed by atoms with E-state index in [2.05, 4.69) is 57.7 Å². The minimum atomic E-state index is -0.476. The summed E-state index contributed by atoms with van der Waals surface area (Å²) in [4.78, 5) is 18.5. The molecule has 1 amide bonds. The lowest BCUT2D eigenvalue weighted by Gasteiger charge is -2.34. The number of carbonyl (C=O) groups is 1. The van der Waals surface area contributed by atoms with Gasteiger partial charge in [-0.2, -0.15) is 0 Å². The van der Waals surface area contributed by atoms with Crippen molar-refractivity contribution >= 4 is 35.5 Å². The number of halogens is 1. The maximum atomic E-state index is 12.0. The van der Waals surface area contributed by atoms with Gasteiger partial charge in [-0.1, -0.05) is 35.9 Å². The van der Waals surface area contributed by atoms with Crippen molar-refractivity contribution in [2.45, 2.75) is 51.8 Å². The maximum Gasteiger partial charge on any atom is 0.407 e. The number of aromatic nitrogens is 2. The average Bonchev–Trinajstić information content (AvgIpc) is 3.30. The van der Waals surface area contributed by atoms with Crippen LogP contribution in [0.2, 0.25) is 5.02 Å². The number of rotatable bonds is 6. The van der Waals surface area contributed by atoms with Gasteiger partial charge in [-0.3, -0.25) is 0 Å². The Labute approximate surface area is 212 Å². The molecule has 4 rings (SSSR count). The number of ether oxygens (including phenoxy) is 1. The van der Waals surface area contributed by atoms with E-state index in [-0.39, 0.29) is 12.1 Å². The number of carbonyl (C=O) groups excluding carboxylic acids is 1. The number of piperidine rings is 1. The monoisotopic (exact) mass is 492 g/mol. The Morgan fingerprint density at radius 3 is 2.49 bits per heavy atom. The predicted molar refractivity (Wildman–Crippen MR) is 143 cm³/mol. The van der Waals surface area contributed by atoms with Crippen molar-refractivity contribution < 1.29 is 9.53 Å². The van der Waals surface area contributed by atoms with Gasteiger partial charge in [-0.15, -0.1) is 0 Å². The molecule has 0 spiro atoms. The van der Waals surface area contributed by atoms with Crippen molar-refractivity contribution in [2.75, 3.05) is 18.0 Å². The first kappa shape index (κ1) is 24.9. The number of imidazole rings is 1. The first-order chi connectivity index (χ1) is 16.7. The SMILES string of the molecule is CC(C)(C)OC(=O)NC1CCN(c2ccc(/C=C/c3cc(Cl)cc(Cn4ccnc4)c3)cc2)CC1. The summed E-state index contributed by atoms with van der Waals surface area (Å²) in [5.74, 6) is 0. The molecule has 0 atom stereocenters. The first-order valence-corrected chi connectivity index (χ1v) is 12.4. The number of hydrogen-bond donors (Lipinski definition) is 1. The summed E-state index contributed by atoms with van der Waals surface area (Å²) >= 11 is 6.35. The Hall–Kier alpha value is -3.25. The van der Waals surface area contributed by atoms with E-state index in [1.54, 1.807) is 12.5 Å². The molecule has 1 saturated heterocycles. The van der Waals surface area contributed by atoms with Crippen molar-refractivity contribution in [1.29, 1.82) is 0 Å². The molecule has 0 radical (unpaired) electrons. The maximum absolute atomic E-state index is 12.0. The second-order valence-corrected chi connectivity index (χ2v) is 10.4. The van der Waals surface area contributed by atoms with Crippen molar-refractivity contribution in [1.82, 2.24) is 14.9 Å². The minimum Gasteiger partial charge on any atom is -0.444 e. The molecule has 1 fully saturated rings. The normalized spacial score (nSPS) is 14.9. The highest BCUT2D eigenvalue weighted by atomic mass is 35.5. The van der Waals surface area contributed by atoms with E-state index in [0.29, 0.717) is 0 Å². The standard InChI is InChI=1S/C28H33ClN4O2/c1-28(2,3)35-27(34)31-25-10-13-33(14-11-25)26-8-6-21(7-9-26)4-5-22-16-23(18-24(29)17-22)19-32-15-12-30-20-32/h4-9,12,15-18,20,25H,10-11,13-14,19H2,1-3H3,(H,31,34)/b5-4+. The summed E-state index contributed by atoms with van der Waals surface area (Å²) in [6.45, 7) is 8.17. The summed E-state index contributed by atoms with van der Waals surface area (Å²) in [5, 5.41) is 3.72. The lowest BCUT2D eigenvalue weighted by Crippen LogP contribution is -2.46. The van der Waals surface area contributed by atoms with E-state index in [9.17, 15) is 4.79 Å². The van der Waals surface area contributed by atoms with Gasteiger partial charge in [-0.05, 0) is 80.6 Å².